The molecule has 0 bridgehead atoms. The molecule has 1 aromatic carbocycles. The summed E-state index contributed by atoms with van der Waals surface area (Å²) in [6.45, 7) is 6.98. The van der Waals surface area contributed by atoms with E-state index in [4.69, 9.17) is 4.74 Å². The molecular formula is C20H29N3O5S. The summed E-state index contributed by atoms with van der Waals surface area (Å²) in [6, 6.07) is 5.91. The van der Waals surface area contributed by atoms with E-state index >= 15 is 0 Å². The zero-order chi connectivity index (χ0) is 21.2. The van der Waals surface area contributed by atoms with Gasteiger partial charge in [0, 0.05) is 44.2 Å². The predicted molar refractivity (Wildman–Crippen MR) is 109 cm³/mol. The van der Waals surface area contributed by atoms with Gasteiger partial charge in [-0.15, -0.1) is 0 Å². The van der Waals surface area contributed by atoms with Crippen molar-refractivity contribution in [2.24, 2.45) is 0 Å². The number of ether oxygens (including phenoxy) is 1. The van der Waals surface area contributed by atoms with Gasteiger partial charge < -0.3 is 15.0 Å². The van der Waals surface area contributed by atoms with Gasteiger partial charge in [0.15, 0.2) is 9.84 Å². The number of hydrogen-bond donors (Lipinski definition) is 1. The summed E-state index contributed by atoms with van der Waals surface area (Å²) < 4.78 is 29.1. The van der Waals surface area contributed by atoms with E-state index in [1.165, 1.54) is 18.2 Å². The van der Waals surface area contributed by atoms with E-state index in [1.807, 2.05) is 13.8 Å². The second-order valence-corrected chi connectivity index (χ2v) is 10.0. The van der Waals surface area contributed by atoms with Crippen LogP contribution in [0.3, 0.4) is 0 Å². The van der Waals surface area contributed by atoms with Crippen LogP contribution in [0.25, 0.3) is 0 Å². The van der Waals surface area contributed by atoms with Crippen molar-refractivity contribution in [1.82, 2.24) is 9.80 Å². The Morgan fingerprint density at radius 1 is 1.21 bits per heavy atom. The van der Waals surface area contributed by atoms with Crippen molar-refractivity contribution in [3.8, 4) is 0 Å². The molecule has 2 fully saturated rings. The summed E-state index contributed by atoms with van der Waals surface area (Å²) in [4.78, 5) is 29.3. The highest BCUT2D eigenvalue weighted by Crippen LogP contribution is 2.22. The van der Waals surface area contributed by atoms with E-state index < -0.39 is 21.7 Å². The third-order valence-corrected chi connectivity index (χ3v) is 6.43. The van der Waals surface area contributed by atoms with Crippen LogP contribution in [0.5, 0.6) is 0 Å². The molecular weight excluding hydrogens is 394 g/mol. The topological polar surface area (TPSA) is 96.0 Å². The molecule has 2 aliphatic heterocycles. The number of anilines is 1. The quantitative estimate of drug-likeness (QED) is 0.730. The molecule has 160 valence electrons. The number of nitrogens with zero attached hydrogens (tertiary/aromatic N) is 2. The summed E-state index contributed by atoms with van der Waals surface area (Å²) >= 11 is 0. The summed E-state index contributed by atoms with van der Waals surface area (Å²) in [5.41, 5.74) is 0.290. The Morgan fingerprint density at radius 2 is 1.90 bits per heavy atom. The number of rotatable bonds is 4. The van der Waals surface area contributed by atoms with E-state index in [9.17, 15) is 18.0 Å². The number of amides is 2. The number of sulfone groups is 1. The molecule has 2 aliphatic rings. The number of likely N-dealkylation sites (tertiary alicyclic amines) is 1. The van der Waals surface area contributed by atoms with Crippen molar-refractivity contribution in [3.05, 3.63) is 24.3 Å². The van der Waals surface area contributed by atoms with Crippen molar-refractivity contribution in [1.29, 1.82) is 0 Å². The lowest BCUT2D eigenvalue weighted by Crippen LogP contribution is -2.52. The Labute approximate surface area is 172 Å². The lowest BCUT2D eigenvalue weighted by molar-refractivity contribution is -0.144. The van der Waals surface area contributed by atoms with Crippen molar-refractivity contribution in [2.45, 2.75) is 49.8 Å². The number of carbonyl (C=O) groups is 2. The number of benzene rings is 1. The highest BCUT2D eigenvalue weighted by Gasteiger charge is 2.35. The van der Waals surface area contributed by atoms with Gasteiger partial charge in [-0.3, -0.25) is 14.5 Å². The first kappa shape index (κ1) is 21.7. The minimum Gasteiger partial charge on any atom is -0.373 e. The van der Waals surface area contributed by atoms with Crippen LogP contribution in [-0.2, 0) is 24.2 Å². The van der Waals surface area contributed by atoms with Crippen LogP contribution in [0.1, 0.15) is 26.7 Å². The molecule has 9 heteroatoms. The van der Waals surface area contributed by atoms with E-state index in [0.717, 1.165) is 38.7 Å². The molecule has 0 saturated carbocycles. The zero-order valence-electron chi connectivity index (χ0n) is 17.1. The van der Waals surface area contributed by atoms with Gasteiger partial charge >= 0.3 is 11.8 Å². The number of morpholine rings is 1. The van der Waals surface area contributed by atoms with Crippen LogP contribution in [0, 0.1) is 0 Å². The SMILES string of the molecule is CC1CN(CC2CCCN2C(=O)C(=O)Nc2cccc(S(C)(=O)=O)c2)CC(C)O1. The second-order valence-electron chi connectivity index (χ2n) is 8.02. The molecule has 1 N–H and O–H groups in total. The molecule has 29 heavy (non-hydrogen) atoms. The first-order valence-electron chi connectivity index (χ1n) is 9.93. The predicted octanol–water partition coefficient (Wildman–Crippen LogP) is 1.13. The summed E-state index contributed by atoms with van der Waals surface area (Å²) in [6.07, 6.45) is 3.12. The minimum absolute atomic E-state index is 0.00639. The monoisotopic (exact) mass is 423 g/mol. The lowest BCUT2D eigenvalue weighted by Gasteiger charge is -2.38. The molecule has 0 spiro atoms. The molecule has 0 radical (unpaired) electrons. The maximum Gasteiger partial charge on any atom is 0.313 e. The third-order valence-electron chi connectivity index (χ3n) is 5.32. The number of nitrogens with one attached hydrogen (secondary N) is 1. The fourth-order valence-corrected chi connectivity index (χ4v) is 4.81. The van der Waals surface area contributed by atoms with Gasteiger partial charge in [-0.2, -0.15) is 0 Å². The smallest absolute Gasteiger partial charge is 0.313 e. The molecule has 2 saturated heterocycles. The minimum atomic E-state index is -3.39. The fourth-order valence-electron chi connectivity index (χ4n) is 4.14. The average molecular weight is 424 g/mol. The zero-order valence-corrected chi connectivity index (χ0v) is 17.9. The van der Waals surface area contributed by atoms with E-state index in [2.05, 4.69) is 10.2 Å². The molecule has 3 unspecified atom stereocenters. The van der Waals surface area contributed by atoms with Gasteiger partial charge in [0.1, 0.15) is 0 Å². The molecule has 1 aromatic rings. The first-order chi connectivity index (χ1) is 13.6. The van der Waals surface area contributed by atoms with Crippen LogP contribution in [0.4, 0.5) is 5.69 Å². The van der Waals surface area contributed by atoms with Crippen molar-refractivity contribution in [3.63, 3.8) is 0 Å². The second kappa shape index (κ2) is 8.81. The Morgan fingerprint density at radius 3 is 2.55 bits per heavy atom. The molecule has 2 heterocycles. The highest BCUT2D eigenvalue weighted by atomic mass is 32.2. The lowest BCUT2D eigenvalue weighted by atomic mass is 10.1. The van der Waals surface area contributed by atoms with E-state index in [1.54, 1.807) is 11.0 Å². The van der Waals surface area contributed by atoms with Crippen molar-refractivity contribution in [2.75, 3.05) is 37.8 Å². The summed E-state index contributed by atoms with van der Waals surface area (Å²) in [7, 11) is -3.39. The first-order valence-corrected chi connectivity index (χ1v) is 11.8. The van der Waals surface area contributed by atoms with Crippen LogP contribution in [-0.4, -0.2) is 80.7 Å². The van der Waals surface area contributed by atoms with Gasteiger partial charge in [-0.25, -0.2) is 8.42 Å². The van der Waals surface area contributed by atoms with Crippen LogP contribution < -0.4 is 5.32 Å². The summed E-state index contributed by atoms with van der Waals surface area (Å²) in [5.74, 6) is -1.32. The largest absolute Gasteiger partial charge is 0.373 e. The van der Waals surface area contributed by atoms with E-state index in [-0.39, 0.29) is 28.8 Å². The molecule has 3 rings (SSSR count). The third kappa shape index (κ3) is 5.55. The van der Waals surface area contributed by atoms with Crippen LogP contribution in [0.15, 0.2) is 29.2 Å². The molecule has 3 atom stereocenters. The van der Waals surface area contributed by atoms with Gasteiger partial charge in [-0.1, -0.05) is 6.07 Å². The summed E-state index contributed by atoms with van der Waals surface area (Å²) in [5, 5.41) is 2.54. The van der Waals surface area contributed by atoms with Crippen molar-refractivity contribution < 1.29 is 22.7 Å². The Balaban J connectivity index is 1.63. The Hall–Kier alpha value is -1.97. The van der Waals surface area contributed by atoms with Crippen LogP contribution in [0.2, 0.25) is 0 Å². The molecule has 0 aromatic heterocycles. The van der Waals surface area contributed by atoms with E-state index in [0.29, 0.717) is 6.54 Å². The van der Waals surface area contributed by atoms with Gasteiger partial charge in [0.05, 0.1) is 17.1 Å². The maximum atomic E-state index is 12.8. The van der Waals surface area contributed by atoms with Gasteiger partial charge in [0.2, 0.25) is 0 Å². The average Bonchev–Trinajstić information content (AvgIpc) is 3.07. The normalized spacial score (nSPS) is 25.8. The fraction of sp³-hybridized carbons (Fsp3) is 0.600. The molecule has 8 nitrogen and oxygen atoms in total. The Kier molecular flexibility index (Phi) is 6.60. The molecule has 0 aliphatic carbocycles. The van der Waals surface area contributed by atoms with Crippen LogP contribution >= 0.6 is 0 Å². The standard InChI is InChI=1S/C20H29N3O5S/c1-14-11-22(12-15(2)28-14)13-17-7-5-9-23(17)20(25)19(24)21-16-6-4-8-18(10-16)29(3,26)27/h4,6,8,10,14-15,17H,5,7,9,11-13H2,1-3H3,(H,21,24). The highest BCUT2D eigenvalue weighted by molar-refractivity contribution is 7.90. The molecule has 2 amide bonds. The van der Waals surface area contributed by atoms with Gasteiger partial charge in [-0.05, 0) is 44.9 Å². The van der Waals surface area contributed by atoms with Gasteiger partial charge in [0.25, 0.3) is 0 Å². The van der Waals surface area contributed by atoms with Crippen molar-refractivity contribution >= 4 is 27.3 Å². The maximum absolute atomic E-state index is 12.8. The Bertz CT molecular complexity index is 863. The number of carbonyl (C=O) groups excluding carboxylic acids is 2. The number of hydrogen-bond acceptors (Lipinski definition) is 6.